The van der Waals surface area contributed by atoms with Gasteiger partial charge in [-0.15, -0.1) is 11.8 Å². The molecule has 0 aliphatic heterocycles. The fourth-order valence-electron chi connectivity index (χ4n) is 2.89. The van der Waals surface area contributed by atoms with Crippen LogP contribution < -0.4 is 5.32 Å². The van der Waals surface area contributed by atoms with Crippen LogP contribution in [0.1, 0.15) is 24.0 Å². The second kappa shape index (κ2) is 8.72. The van der Waals surface area contributed by atoms with Crippen molar-refractivity contribution in [2.45, 2.75) is 18.6 Å². The lowest BCUT2D eigenvalue weighted by Crippen LogP contribution is -2.29. The number of benzene rings is 3. The van der Waals surface area contributed by atoms with E-state index in [0.29, 0.717) is 18.2 Å². The van der Waals surface area contributed by atoms with E-state index < -0.39 is 0 Å². The number of hydrogen-bond acceptors (Lipinski definition) is 2. The molecule has 0 aromatic heterocycles. The zero-order valence-electron chi connectivity index (χ0n) is 14.4. The van der Waals surface area contributed by atoms with Gasteiger partial charge in [0.25, 0.3) is 0 Å². The quantitative estimate of drug-likeness (QED) is 0.651. The number of carbonyl (C=O) groups excluding carboxylic acids is 1. The van der Waals surface area contributed by atoms with Gasteiger partial charge in [0.1, 0.15) is 0 Å². The Morgan fingerprint density at radius 3 is 2.52 bits per heavy atom. The van der Waals surface area contributed by atoms with Gasteiger partial charge in [0.05, 0.1) is 5.75 Å². The normalized spacial score (nSPS) is 12.0. The van der Waals surface area contributed by atoms with Crippen molar-refractivity contribution in [3.05, 3.63) is 83.9 Å². The van der Waals surface area contributed by atoms with Gasteiger partial charge in [0.2, 0.25) is 5.91 Å². The highest BCUT2D eigenvalue weighted by atomic mass is 32.2. The van der Waals surface area contributed by atoms with E-state index in [2.05, 4.69) is 66.8 Å². The van der Waals surface area contributed by atoms with Crippen molar-refractivity contribution >= 4 is 28.4 Å². The number of amides is 1. The van der Waals surface area contributed by atoms with Gasteiger partial charge < -0.3 is 5.32 Å². The van der Waals surface area contributed by atoms with E-state index >= 15 is 0 Å². The molecule has 0 fully saturated rings. The van der Waals surface area contributed by atoms with Crippen molar-refractivity contribution in [1.29, 1.82) is 0 Å². The van der Waals surface area contributed by atoms with Crippen molar-refractivity contribution in [3.63, 3.8) is 0 Å². The van der Waals surface area contributed by atoms with Crippen molar-refractivity contribution in [2.24, 2.45) is 0 Å². The highest BCUT2D eigenvalue weighted by Crippen LogP contribution is 2.22. The highest BCUT2D eigenvalue weighted by Gasteiger charge is 2.08. The summed E-state index contributed by atoms with van der Waals surface area (Å²) in [5.41, 5.74) is 2.54. The zero-order chi connectivity index (χ0) is 17.5. The molecule has 0 saturated carbocycles. The smallest absolute Gasteiger partial charge is 0.230 e. The molecule has 1 unspecified atom stereocenters. The van der Waals surface area contributed by atoms with Crippen LogP contribution in [0.25, 0.3) is 10.8 Å². The van der Waals surface area contributed by atoms with E-state index in [-0.39, 0.29) is 5.91 Å². The molecule has 2 nitrogen and oxygen atoms in total. The molecule has 0 radical (unpaired) electrons. The lowest BCUT2D eigenvalue weighted by atomic mass is 10.0. The molecule has 1 atom stereocenters. The molecule has 0 saturated heterocycles. The third-order valence-corrected chi connectivity index (χ3v) is 5.33. The van der Waals surface area contributed by atoms with Gasteiger partial charge in [-0.1, -0.05) is 79.7 Å². The molecule has 3 aromatic rings. The maximum absolute atomic E-state index is 12.1. The molecular weight excluding hydrogens is 326 g/mol. The summed E-state index contributed by atoms with van der Waals surface area (Å²) >= 11 is 1.66. The van der Waals surface area contributed by atoms with Crippen LogP contribution in [0.5, 0.6) is 0 Å². The molecule has 0 aliphatic rings. The van der Waals surface area contributed by atoms with Crippen LogP contribution in [0.3, 0.4) is 0 Å². The van der Waals surface area contributed by atoms with Gasteiger partial charge in [-0.25, -0.2) is 0 Å². The monoisotopic (exact) mass is 349 g/mol. The predicted octanol–water partition coefficient (Wildman–Crippen LogP) is 4.99. The summed E-state index contributed by atoms with van der Waals surface area (Å²) in [7, 11) is 0. The Balaban J connectivity index is 1.46. The lowest BCUT2D eigenvalue weighted by molar-refractivity contribution is -0.118. The molecule has 0 aliphatic carbocycles. The number of thioether (sulfide) groups is 1. The fraction of sp³-hybridized carbons (Fsp3) is 0.227. The molecule has 25 heavy (non-hydrogen) atoms. The Labute approximate surface area is 153 Å². The highest BCUT2D eigenvalue weighted by molar-refractivity contribution is 7.99. The van der Waals surface area contributed by atoms with Crippen molar-refractivity contribution in [2.75, 3.05) is 12.3 Å². The lowest BCUT2D eigenvalue weighted by Gasteiger charge is -2.13. The van der Waals surface area contributed by atoms with Gasteiger partial charge in [-0.2, -0.15) is 0 Å². The van der Waals surface area contributed by atoms with Crippen molar-refractivity contribution in [1.82, 2.24) is 5.32 Å². The topological polar surface area (TPSA) is 29.1 Å². The predicted molar refractivity (Wildman–Crippen MR) is 108 cm³/mol. The first kappa shape index (κ1) is 17.6. The van der Waals surface area contributed by atoms with Gasteiger partial charge in [0.15, 0.2) is 0 Å². The minimum atomic E-state index is 0.105. The van der Waals surface area contributed by atoms with E-state index in [0.717, 1.165) is 5.75 Å². The first-order valence-corrected chi connectivity index (χ1v) is 9.75. The van der Waals surface area contributed by atoms with E-state index in [1.165, 1.54) is 21.9 Å². The van der Waals surface area contributed by atoms with Gasteiger partial charge in [-0.3, -0.25) is 4.79 Å². The summed E-state index contributed by atoms with van der Waals surface area (Å²) in [5.74, 6) is 1.77. The van der Waals surface area contributed by atoms with Gasteiger partial charge in [0, 0.05) is 12.3 Å². The third-order valence-electron chi connectivity index (χ3n) is 4.34. The van der Waals surface area contributed by atoms with Crippen LogP contribution in [-0.4, -0.2) is 18.2 Å². The molecule has 1 amide bonds. The molecule has 0 spiro atoms. The second-order valence-electron chi connectivity index (χ2n) is 6.25. The Bertz CT molecular complexity index is 826. The van der Waals surface area contributed by atoms with Crippen LogP contribution in [0.4, 0.5) is 0 Å². The molecule has 1 N–H and O–H groups in total. The third kappa shape index (κ3) is 4.86. The summed E-state index contributed by atoms with van der Waals surface area (Å²) in [6, 6.07) is 25.0. The summed E-state index contributed by atoms with van der Waals surface area (Å²) in [5, 5.41) is 5.57. The van der Waals surface area contributed by atoms with Crippen LogP contribution in [0.2, 0.25) is 0 Å². The molecule has 0 heterocycles. The van der Waals surface area contributed by atoms with Crippen LogP contribution in [0, 0.1) is 0 Å². The minimum Gasteiger partial charge on any atom is -0.355 e. The van der Waals surface area contributed by atoms with Crippen molar-refractivity contribution < 1.29 is 4.79 Å². The average molecular weight is 349 g/mol. The number of nitrogens with one attached hydrogen (secondary N) is 1. The molecule has 3 rings (SSSR count). The molecular formula is C22H23NOS. The zero-order valence-corrected chi connectivity index (χ0v) is 15.3. The van der Waals surface area contributed by atoms with E-state index in [9.17, 15) is 4.79 Å². The number of carbonyl (C=O) groups is 1. The molecule has 3 aromatic carbocycles. The van der Waals surface area contributed by atoms with E-state index in [1.807, 2.05) is 18.2 Å². The number of hydrogen-bond donors (Lipinski definition) is 1. The van der Waals surface area contributed by atoms with Crippen LogP contribution in [0.15, 0.2) is 72.8 Å². The SMILES string of the molecule is CC(CNC(=O)CSCc1cccc2ccccc12)c1ccccc1. The Morgan fingerprint density at radius 2 is 1.68 bits per heavy atom. The first-order valence-electron chi connectivity index (χ1n) is 8.60. The average Bonchev–Trinajstić information content (AvgIpc) is 2.67. The summed E-state index contributed by atoms with van der Waals surface area (Å²) < 4.78 is 0. The number of fused-ring (bicyclic) bond motifs is 1. The molecule has 0 bridgehead atoms. The molecule has 3 heteroatoms. The first-order chi connectivity index (χ1) is 12.2. The standard InChI is InChI=1S/C22H23NOS/c1-17(18-8-3-2-4-9-18)14-23-22(24)16-25-15-20-12-7-11-19-10-5-6-13-21(19)20/h2-13,17H,14-16H2,1H3,(H,23,24). The Hall–Kier alpha value is -2.26. The minimum absolute atomic E-state index is 0.105. The Morgan fingerprint density at radius 1 is 0.960 bits per heavy atom. The maximum atomic E-state index is 12.1. The van der Waals surface area contributed by atoms with Crippen LogP contribution >= 0.6 is 11.8 Å². The largest absolute Gasteiger partial charge is 0.355 e. The summed E-state index contributed by atoms with van der Waals surface area (Å²) in [4.78, 5) is 12.1. The summed E-state index contributed by atoms with van der Waals surface area (Å²) in [6.45, 7) is 2.82. The van der Waals surface area contributed by atoms with Gasteiger partial charge in [-0.05, 0) is 27.8 Å². The fourth-order valence-corrected chi connectivity index (χ4v) is 3.75. The Kier molecular flexibility index (Phi) is 6.13. The van der Waals surface area contributed by atoms with Crippen molar-refractivity contribution in [3.8, 4) is 0 Å². The van der Waals surface area contributed by atoms with Gasteiger partial charge >= 0.3 is 0 Å². The number of rotatable bonds is 7. The van der Waals surface area contributed by atoms with E-state index in [4.69, 9.17) is 0 Å². The molecule has 128 valence electrons. The van der Waals surface area contributed by atoms with E-state index in [1.54, 1.807) is 11.8 Å². The summed E-state index contributed by atoms with van der Waals surface area (Å²) in [6.07, 6.45) is 0. The van der Waals surface area contributed by atoms with Crippen LogP contribution in [-0.2, 0) is 10.5 Å². The second-order valence-corrected chi connectivity index (χ2v) is 7.23. The maximum Gasteiger partial charge on any atom is 0.230 e.